The van der Waals surface area contributed by atoms with E-state index in [1.807, 2.05) is 6.92 Å². The molecule has 1 aromatic rings. The molecule has 106 valence electrons. The topological polar surface area (TPSA) is 101 Å². The number of carbonyl (C=O) groups is 1. The Morgan fingerprint density at radius 1 is 1.32 bits per heavy atom. The number of rotatable bonds is 6. The van der Waals surface area contributed by atoms with Crippen molar-refractivity contribution in [2.24, 2.45) is 0 Å². The molecular formula is C12H16O6S. The molecule has 1 aromatic carbocycles. The van der Waals surface area contributed by atoms with Crippen LogP contribution in [0.5, 0.6) is 0 Å². The van der Waals surface area contributed by atoms with Crippen molar-refractivity contribution in [1.82, 2.24) is 0 Å². The molecule has 0 aliphatic rings. The van der Waals surface area contributed by atoms with E-state index in [2.05, 4.69) is 4.89 Å². The van der Waals surface area contributed by atoms with Crippen molar-refractivity contribution in [3.05, 3.63) is 29.3 Å². The molecule has 0 amide bonds. The monoisotopic (exact) mass is 288 g/mol. The first-order valence-electron chi connectivity index (χ1n) is 5.86. The van der Waals surface area contributed by atoms with Crippen LogP contribution in [0.25, 0.3) is 0 Å². The van der Waals surface area contributed by atoms with Gasteiger partial charge in [-0.1, -0.05) is 25.8 Å². The van der Waals surface area contributed by atoms with Crippen LogP contribution in [0.1, 0.15) is 42.1 Å². The summed E-state index contributed by atoms with van der Waals surface area (Å²) >= 11 is 0. The van der Waals surface area contributed by atoms with Gasteiger partial charge in [-0.05, 0) is 30.5 Å². The average molecular weight is 288 g/mol. The third-order valence-electron chi connectivity index (χ3n) is 2.71. The number of carbonyl (C=O) groups excluding carboxylic acids is 1. The van der Waals surface area contributed by atoms with Crippen LogP contribution in [0.15, 0.2) is 23.1 Å². The molecule has 1 rings (SSSR count). The van der Waals surface area contributed by atoms with Gasteiger partial charge in [0.05, 0.1) is 10.5 Å². The second-order valence-electron chi connectivity index (χ2n) is 4.13. The van der Waals surface area contributed by atoms with Gasteiger partial charge in [-0.15, -0.1) is 0 Å². The van der Waals surface area contributed by atoms with E-state index in [4.69, 9.17) is 9.81 Å². The minimum atomic E-state index is -4.42. The Bertz CT molecular complexity index is 549. The first kappa shape index (κ1) is 15.6. The SMILES string of the molecule is CCCCCc1ccc(C(=O)OO)cc1S(=O)(=O)O. The normalized spacial score (nSPS) is 11.3. The molecule has 0 aromatic heterocycles. The Kier molecular flexibility index (Phi) is 5.46. The molecule has 19 heavy (non-hydrogen) atoms. The predicted octanol–water partition coefficient (Wildman–Crippen LogP) is 2.30. The summed E-state index contributed by atoms with van der Waals surface area (Å²) < 4.78 is 31.7. The van der Waals surface area contributed by atoms with E-state index >= 15 is 0 Å². The Labute approximate surface area is 111 Å². The summed E-state index contributed by atoms with van der Waals surface area (Å²) in [6, 6.07) is 3.77. The summed E-state index contributed by atoms with van der Waals surface area (Å²) in [4.78, 5) is 14.3. The zero-order valence-corrected chi connectivity index (χ0v) is 11.3. The van der Waals surface area contributed by atoms with E-state index in [9.17, 15) is 13.2 Å². The van der Waals surface area contributed by atoms with Gasteiger partial charge in [0.2, 0.25) is 0 Å². The van der Waals surface area contributed by atoms with Crippen LogP contribution in [-0.2, 0) is 21.4 Å². The first-order valence-corrected chi connectivity index (χ1v) is 7.30. The summed E-state index contributed by atoms with van der Waals surface area (Å²) in [7, 11) is -4.42. The maximum Gasteiger partial charge on any atom is 0.372 e. The van der Waals surface area contributed by atoms with Crippen LogP contribution in [0.3, 0.4) is 0 Å². The Morgan fingerprint density at radius 3 is 2.53 bits per heavy atom. The third-order valence-corrected chi connectivity index (χ3v) is 3.65. The summed E-state index contributed by atoms with van der Waals surface area (Å²) in [6.45, 7) is 2.02. The molecule has 0 aliphatic heterocycles. The molecule has 7 heteroatoms. The highest BCUT2D eigenvalue weighted by Gasteiger charge is 2.18. The lowest BCUT2D eigenvalue weighted by molar-refractivity contribution is -0.182. The molecule has 0 unspecified atom stereocenters. The zero-order chi connectivity index (χ0) is 14.5. The van der Waals surface area contributed by atoms with Gasteiger partial charge in [0.1, 0.15) is 0 Å². The van der Waals surface area contributed by atoms with Gasteiger partial charge < -0.3 is 0 Å². The maximum absolute atomic E-state index is 11.3. The maximum atomic E-state index is 11.3. The molecule has 0 spiro atoms. The first-order chi connectivity index (χ1) is 8.90. The highest BCUT2D eigenvalue weighted by molar-refractivity contribution is 7.85. The van der Waals surface area contributed by atoms with E-state index in [1.165, 1.54) is 12.1 Å². The van der Waals surface area contributed by atoms with Crippen molar-refractivity contribution in [2.45, 2.75) is 37.5 Å². The molecule has 0 heterocycles. The van der Waals surface area contributed by atoms with Crippen molar-refractivity contribution >= 4 is 16.1 Å². The molecule has 0 radical (unpaired) electrons. The highest BCUT2D eigenvalue weighted by Crippen LogP contribution is 2.20. The fourth-order valence-corrected chi connectivity index (χ4v) is 2.52. The average Bonchev–Trinajstić information content (AvgIpc) is 2.37. The molecule has 0 aliphatic carbocycles. The van der Waals surface area contributed by atoms with Crippen molar-refractivity contribution in [1.29, 1.82) is 0 Å². The number of benzene rings is 1. The molecule has 0 atom stereocenters. The number of hydrogen-bond donors (Lipinski definition) is 2. The van der Waals surface area contributed by atoms with Crippen molar-refractivity contribution in [3.63, 3.8) is 0 Å². The van der Waals surface area contributed by atoms with Crippen LogP contribution in [0, 0.1) is 0 Å². The molecule has 6 nitrogen and oxygen atoms in total. The molecular weight excluding hydrogens is 272 g/mol. The van der Waals surface area contributed by atoms with Crippen molar-refractivity contribution in [2.75, 3.05) is 0 Å². The van der Waals surface area contributed by atoms with E-state index in [0.717, 1.165) is 25.3 Å². The van der Waals surface area contributed by atoms with Crippen LogP contribution in [0.4, 0.5) is 0 Å². The van der Waals surface area contributed by atoms with E-state index in [1.54, 1.807) is 0 Å². The quantitative estimate of drug-likeness (QED) is 0.360. The molecule has 0 bridgehead atoms. The summed E-state index contributed by atoms with van der Waals surface area (Å²) in [5, 5.41) is 8.26. The van der Waals surface area contributed by atoms with Gasteiger partial charge in [0.15, 0.2) is 0 Å². The van der Waals surface area contributed by atoms with Gasteiger partial charge in [-0.2, -0.15) is 13.7 Å². The Balaban J connectivity index is 3.14. The third kappa shape index (κ3) is 4.30. The second-order valence-corrected chi connectivity index (χ2v) is 5.52. The van der Waals surface area contributed by atoms with Crippen molar-refractivity contribution < 1.29 is 27.9 Å². The summed E-state index contributed by atoms with van der Waals surface area (Å²) in [6.07, 6.45) is 3.18. The number of unbranched alkanes of at least 4 members (excludes halogenated alkanes) is 2. The van der Waals surface area contributed by atoms with Crippen LogP contribution < -0.4 is 0 Å². The standard InChI is InChI=1S/C12H16O6S/c1-2-3-4-5-9-6-7-10(12(13)18-14)8-11(9)19(15,16)17/h6-8,14H,2-5H2,1H3,(H,15,16,17). The van der Waals surface area contributed by atoms with Gasteiger partial charge in [-0.3, -0.25) is 9.44 Å². The van der Waals surface area contributed by atoms with E-state index in [-0.39, 0.29) is 10.5 Å². The molecule has 0 fully saturated rings. The highest BCUT2D eigenvalue weighted by atomic mass is 32.2. The smallest absolute Gasteiger partial charge is 0.296 e. The number of aryl methyl sites for hydroxylation is 1. The number of hydrogen-bond acceptors (Lipinski definition) is 5. The van der Waals surface area contributed by atoms with Gasteiger partial charge >= 0.3 is 5.97 Å². The van der Waals surface area contributed by atoms with Gasteiger partial charge in [0, 0.05) is 0 Å². The fraction of sp³-hybridized carbons (Fsp3) is 0.417. The van der Waals surface area contributed by atoms with Crippen LogP contribution in [0.2, 0.25) is 0 Å². The van der Waals surface area contributed by atoms with E-state index < -0.39 is 16.1 Å². The van der Waals surface area contributed by atoms with Crippen LogP contribution >= 0.6 is 0 Å². The summed E-state index contributed by atoms with van der Waals surface area (Å²) in [5.41, 5.74) is 0.291. The minimum Gasteiger partial charge on any atom is -0.296 e. The predicted molar refractivity (Wildman–Crippen MR) is 67.5 cm³/mol. The lowest BCUT2D eigenvalue weighted by Crippen LogP contribution is -2.08. The fourth-order valence-electron chi connectivity index (χ4n) is 1.75. The molecule has 0 saturated heterocycles. The summed E-state index contributed by atoms with van der Waals surface area (Å²) in [5.74, 6) is -1.08. The van der Waals surface area contributed by atoms with Gasteiger partial charge in [-0.25, -0.2) is 4.79 Å². The molecule has 2 N–H and O–H groups in total. The lowest BCUT2D eigenvalue weighted by Gasteiger charge is -2.08. The van der Waals surface area contributed by atoms with E-state index in [0.29, 0.717) is 12.0 Å². The zero-order valence-electron chi connectivity index (χ0n) is 10.5. The van der Waals surface area contributed by atoms with Gasteiger partial charge in [0.25, 0.3) is 10.1 Å². The molecule has 0 saturated carbocycles. The van der Waals surface area contributed by atoms with Crippen LogP contribution in [-0.4, -0.2) is 24.2 Å². The lowest BCUT2D eigenvalue weighted by atomic mass is 10.1. The Morgan fingerprint density at radius 2 is 2.00 bits per heavy atom. The largest absolute Gasteiger partial charge is 0.372 e. The van der Waals surface area contributed by atoms with Crippen molar-refractivity contribution in [3.8, 4) is 0 Å². The minimum absolute atomic E-state index is 0.144. The second kappa shape index (κ2) is 6.65. The Hall–Kier alpha value is -1.44.